The van der Waals surface area contributed by atoms with E-state index in [4.69, 9.17) is 0 Å². The lowest BCUT2D eigenvalue weighted by molar-refractivity contribution is 0.0857. The van der Waals surface area contributed by atoms with Gasteiger partial charge in [0.2, 0.25) is 0 Å². The Hall–Kier alpha value is -3.20. The molecule has 1 unspecified atom stereocenters. The van der Waals surface area contributed by atoms with Crippen molar-refractivity contribution >= 4 is 11.7 Å². The van der Waals surface area contributed by atoms with Crippen molar-refractivity contribution in [3.8, 4) is 0 Å². The Morgan fingerprint density at radius 1 is 0.680 bits per heavy atom. The topological polar surface area (TPSA) is 46.2 Å². The second-order valence-electron chi connectivity index (χ2n) is 5.81. The molecule has 0 radical (unpaired) electrons. The number of carbonyl (C=O) groups excluding carboxylic acids is 2. The van der Waals surface area contributed by atoms with E-state index in [0.29, 0.717) is 17.5 Å². The van der Waals surface area contributed by atoms with Crippen molar-refractivity contribution in [2.75, 3.05) is 0 Å². The highest BCUT2D eigenvalue weighted by Gasteiger charge is 2.23. The van der Waals surface area contributed by atoms with Gasteiger partial charge in [-0.2, -0.15) is 0 Å². The van der Waals surface area contributed by atoms with Gasteiger partial charge in [0.1, 0.15) is 0 Å². The summed E-state index contributed by atoms with van der Waals surface area (Å²) >= 11 is 0. The van der Waals surface area contributed by atoms with Gasteiger partial charge >= 0.3 is 0 Å². The highest BCUT2D eigenvalue weighted by Crippen LogP contribution is 2.11. The van der Waals surface area contributed by atoms with Crippen LogP contribution in [0.1, 0.15) is 26.3 Å². The number of ketones is 1. The van der Waals surface area contributed by atoms with Crippen LogP contribution in [0.3, 0.4) is 0 Å². The summed E-state index contributed by atoms with van der Waals surface area (Å²) in [6, 6.07) is 27.1. The van der Waals surface area contributed by atoms with Crippen LogP contribution in [0.4, 0.5) is 0 Å². The van der Waals surface area contributed by atoms with Crippen molar-refractivity contribution in [3.05, 3.63) is 108 Å². The van der Waals surface area contributed by atoms with Gasteiger partial charge in [-0.1, -0.05) is 78.9 Å². The average molecular weight is 329 g/mol. The van der Waals surface area contributed by atoms with E-state index in [9.17, 15) is 9.59 Å². The van der Waals surface area contributed by atoms with E-state index in [2.05, 4.69) is 5.32 Å². The molecule has 0 aliphatic rings. The average Bonchev–Trinajstić information content (AvgIpc) is 2.69. The number of amides is 1. The zero-order chi connectivity index (χ0) is 17.5. The molecule has 0 fully saturated rings. The van der Waals surface area contributed by atoms with Gasteiger partial charge in [-0.3, -0.25) is 9.59 Å². The molecule has 0 heterocycles. The van der Waals surface area contributed by atoms with E-state index in [1.165, 1.54) is 0 Å². The Morgan fingerprint density at radius 3 is 1.72 bits per heavy atom. The number of benzene rings is 3. The molecule has 3 nitrogen and oxygen atoms in total. The van der Waals surface area contributed by atoms with Crippen molar-refractivity contribution < 1.29 is 9.59 Å². The maximum absolute atomic E-state index is 12.9. The highest BCUT2D eigenvalue weighted by atomic mass is 16.2. The van der Waals surface area contributed by atoms with Crippen LogP contribution in [0.2, 0.25) is 0 Å². The van der Waals surface area contributed by atoms with Gasteiger partial charge in [0.15, 0.2) is 5.78 Å². The summed E-state index contributed by atoms with van der Waals surface area (Å²) in [6.07, 6.45) is 0.452. The van der Waals surface area contributed by atoms with Crippen LogP contribution in [-0.4, -0.2) is 17.7 Å². The number of hydrogen-bond donors (Lipinski definition) is 1. The van der Waals surface area contributed by atoms with E-state index in [0.717, 1.165) is 5.56 Å². The third kappa shape index (κ3) is 4.42. The van der Waals surface area contributed by atoms with Crippen LogP contribution in [-0.2, 0) is 6.42 Å². The predicted molar refractivity (Wildman–Crippen MR) is 98.6 cm³/mol. The molecule has 0 saturated carbocycles. The Labute approximate surface area is 147 Å². The SMILES string of the molecule is O=C(NC(Cc1ccccc1)C(=O)c1ccccc1)c1ccccc1. The lowest BCUT2D eigenvalue weighted by atomic mass is 9.97. The summed E-state index contributed by atoms with van der Waals surface area (Å²) in [7, 11) is 0. The van der Waals surface area contributed by atoms with Crippen LogP contribution < -0.4 is 5.32 Å². The highest BCUT2D eigenvalue weighted by molar-refractivity contribution is 6.04. The van der Waals surface area contributed by atoms with Crippen molar-refractivity contribution in [3.63, 3.8) is 0 Å². The summed E-state index contributed by atoms with van der Waals surface area (Å²) in [6.45, 7) is 0. The summed E-state index contributed by atoms with van der Waals surface area (Å²) in [5.74, 6) is -0.334. The van der Waals surface area contributed by atoms with Gasteiger partial charge in [-0.15, -0.1) is 0 Å². The zero-order valence-corrected chi connectivity index (χ0v) is 13.8. The Balaban J connectivity index is 1.83. The molecule has 0 aromatic heterocycles. The Bertz CT molecular complexity index is 830. The van der Waals surface area contributed by atoms with Gasteiger partial charge in [-0.25, -0.2) is 0 Å². The number of hydrogen-bond acceptors (Lipinski definition) is 2. The minimum absolute atomic E-state index is 0.0891. The van der Waals surface area contributed by atoms with Crippen LogP contribution in [0, 0.1) is 0 Å². The molecule has 25 heavy (non-hydrogen) atoms. The standard InChI is InChI=1S/C22H19NO2/c24-21(18-12-6-2-7-13-18)20(16-17-10-4-1-5-11-17)23-22(25)19-14-8-3-9-15-19/h1-15,20H,16H2,(H,23,25). The molecule has 0 aliphatic heterocycles. The lowest BCUT2D eigenvalue weighted by Crippen LogP contribution is -2.42. The number of carbonyl (C=O) groups is 2. The van der Waals surface area contributed by atoms with Crippen molar-refractivity contribution in [1.82, 2.24) is 5.32 Å². The Kier molecular flexibility index (Phi) is 5.37. The first-order chi connectivity index (χ1) is 12.2. The summed E-state index contributed by atoms with van der Waals surface area (Å²) in [5, 5.41) is 2.89. The first-order valence-electron chi connectivity index (χ1n) is 8.23. The molecule has 1 N–H and O–H groups in total. The van der Waals surface area contributed by atoms with Gasteiger partial charge in [0.05, 0.1) is 6.04 Å². The fourth-order valence-corrected chi connectivity index (χ4v) is 2.69. The molecule has 3 aromatic carbocycles. The van der Waals surface area contributed by atoms with E-state index in [-0.39, 0.29) is 11.7 Å². The van der Waals surface area contributed by atoms with E-state index in [1.807, 2.05) is 54.6 Å². The predicted octanol–water partition coefficient (Wildman–Crippen LogP) is 3.91. The lowest BCUT2D eigenvalue weighted by Gasteiger charge is -2.18. The maximum atomic E-state index is 12.9. The van der Waals surface area contributed by atoms with Gasteiger partial charge in [-0.05, 0) is 17.7 Å². The minimum atomic E-state index is -0.613. The summed E-state index contributed by atoms with van der Waals surface area (Å²) in [4.78, 5) is 25.4. The van der Waals surface area contributed by atoms with Crippen molar-refractivity contribution in [1.29, 1.82) is 0 Å². The molecule has 1 amide bonds. The largest absolute Gasteiger partial charge is 0.342 e. The van der Waals surface area contributed by atoms with Crippen LogP contribution >= 0.6 is 0 Å². The fourth-order valence-electron chi connectivity index (χ4n) is 2.69. The first-order valence-corrected chi connectivity index (χ1v) is 8.23. The van der Waals surface area contributed by atoms with Gasteiger partial charge in [0.25, 0.3) is 5.91 Å². The molecule has 124 valence electrons. The van der Waals surface area contributed by atoms with E-state index < -0.39 is 6.04 Å². The van der Waals surface area contributed by atoms with Gasteiger partial charge in [0, 0.05) is 17.5 Å². The normalized spacial score (nSPS) is 11.5. The number of Topliss-reactive ketones (excluding diaryl/α,β-unsaturated/α-hetero) is 1. The fraction of sp³-hybridized carbons (Fsp3) is 0.0909. The molecule has 0 spiro atoms. The van der Waals surface area contributed by atoms with E-state index >= 15 is 0 Å². The first kappa shape index (κ1) is 16.7. The summed E-state index contributed by atoms with van der Waals surface area (Å²) < 4.78 is 0. The van der Waals surface area contributed by atoms with Gasteiger partial charge < -0.3 is 5.32 Å². The van der Waals surface area contributed by atoms with E-state index in [1.54, 1.807) is 36.4 Å². The molecule has 3 heteroatoms. The third-order valence-corrected chi connectivity index (χ3v) is 4.00. The second-order valence-corrected chi connectivity index (χ2v) is 5.81. The van der Waals surface area contributed by atoms with Crippen LogP contribution in [0.25, 0.3) is 0 Å². The zero-order valence-electron chi connectivity index (χ0n) is 13.8. The Morgan fingerprint density at radius 2 is 1.16 bits per heavy atom. The number of rotatable bonds is 6. The van der Waals surface area contributed by atoms with Crippen LogP contribution in [0.5, 0.6) is 0 Å². The molecule has 0 bridgehead atoms. The second kappa shape index (κ2) is 8.06. The quantitative estimate of drug-likeness (QED) is 0.697. The molecule has 0 aliphatic carbocycles. The van der Waals surface area contributed by atoms with Crippen molar-refractivity contribution in [2.45, 2.75) is 12.5 Å². The number of nitrogens with one attached hydrogen (secondary N) is 1. The monoisotopic (exact) mass is 329 g/mol. The molecule has 3 aromatic rings. The molecule has 3 rings (SSSR count). The maximum Gasteiger partial charge on any atom is 0.251 e. The van der Waals surface area contributed by atoms with Crippen LogP contribution in [0.15, 0.2) is 91.0 Å². The van der Waals surface area contributed by atoms with Crippen molar-refractivity contribution in [2.24, 2.45) is 0 Å². The smallest absolute Gasteiger partial charge is 0.251 e. The molecule has 1 atom stereocenters. The minimum Gasteiger partial charge on any atom is -0.342 e. The molecular formula is C22H19NO2. The molecular weight excluding hydrogens is 310 g/mol. The summed E-state index contributed by atoms with van der Waals surface area (Å²) in [5.41, 5.74) is 2.14. The third-order valence-electron chi connectivity index (χ3n) is 4.00. The molecule has 0 saturated heterocycles.